The summed E-state index contributed by atoms with van der Waals surface area (Å²) >= 11 is 3.46. The average molecular weight is 294 g/mol. The van der Waals surface area contributed by atoms with Crippen LogP contribution in [0, 0.1) is 0 Å². The van der Waals surface area contributed by atoms with Crippen molar-refractivity contribution in [2.24, 2.45) is 0 Å². The molecule has 1 heterocycles. The van der Waals surface area contributed by atoms with E-state index in [0.29, 0.717) is 0 Å². The molecule has 0 aliphatic carbocycles. The lowest BCUT2D eigenvalue weighted by atomic mass is 10.0. The van der Waals surface area contributed by atoms with Crippen LogP contribution in [0.2, 0.25) is 0 Å². The number of benzene rings is 1. The summed E-state index contributed by atoms with van der Waals surface area (Å²) in [6.45, 7) is 3.16. The number of hydrogen-bond acceptors (Lipinski definition) is 2. The third kappa shape index (κ3) is 3.20. The maximum atomic E-state index is 5.17. The SMILES string of the molecule is CCCNC(c1ccc(Br)cc1)c1ccoc1. The van der Waals surface area contributed by atoms with Crippen molar-refractivity contribution in [3.63, 3.8) is 0 Å². The van der Waals surface area contributed by atoms with Gasteiger partial charge in [-0.25, -0.2) is 0 Å². The summed E-state index contributed by atoms with van der Waals surface area (Å²) in [4.78, 5) is 0. The molecule has 2 nitrogen and oxygen atoms in total. The Morgan fingerprint density at radius 1 is 1.18 bits per heavy atom. The number of furan rings is 1. The van der Waals surface area contributed by atoms with Gasteiger partial charge in [-0.2, -0.15) is 0 Å². The van der Waals surface area contributed by atoms with E-state index in [1.165, 1.54) is 11.1 Å². The van der Waals surface area contributed by atoms with Crippen LogP contribution in [0.3, 0.4) is 0 Å². The molecule has 2 rings (SSSR count). The first-order chi connectivity index (χ1) is 8.31. The predicted octanol–water partition coefficient (Wildman–Crippen LogP) is 4.13. The fourth-order valence-corrected chi connectivity index (χ4v) is 2.08. The quantitative estimate of drug-likeness (QED) is 0.897. The summed E-state index contributed by atoms with van der Waals surface area (Å²) in [5.74, 6) is 0. The van der Waals surface area contributed by atoms with E-state index in [2.05, 4.69) is 52.4 Å². The molecule has 0 aliphatic heterocycles. The number of halogens is 1. The minimum atomic E-state index is 0.210. The van der Waals surface area contributed by atoms with E-state index in [1.807, 2.05) is 6.07 Å². The first-order valence-corrected chi connectivity index (χ1v) is 6.61. The van der Waals surface area contributed by atoms with Gasteiger partial charge in [0.15, 0.2) is 0 Å². The number of hydrogen-bond donors (Lipinski definition) is 1. The van der Waals surface area contributed by atoms with Crippen LogP contribution in [0.1, 0.15) is 30.5 Å². The van der Waals surface area contributed by atoms with Gasteiger partial charge in [-0.1, -0.05) is 35.0 Å². The molecule has 0 aliphatic rings. The molecule has 0 spiro atoms. The van der Waals surface area contributed by atoms with Crippen molar-refractivity contribution in [2.45, 2.75) is 19.4 Å². The maximum absolute atomic E-state index is 5.17. The zero-order valence-corrected chi connectivity index (χ0v) is 11.4. The highest BCUT2D eigenvalue weighted by Crippen LogP contribution is 2.23. The van der Waals surface area contributed by atoms with Crippen LogP contribution in [-0.2, 0) is 0 Å². The second kappa shape index (κ2) is 6.03. The third-order valence-corrected chi connectivity index (χ3v) is 3.21. The first-order valence-electron chi connectivity index (χ1n) is 5.82. The predicted molar refractivity (Wildman–Crippen MR) is 73.0 cm³/mol. The Hall–Kier alpha value is -1.06. The zero-order chi connectivity index (χ0) is 12.1. The van der Waals surface area contributed by atoms with Crippen LogP contribution in [0.25, 0.3) is 0 Å². The summed E-state index contributed by atoms with van der Waals surface area (Å²) in [5, 5.41) is 3.53. The van der Waals surface area contributed by atoms with Gasteiger partial charge in [0.1, 0.15) is 0 Å². The molecule has 2 aromatic rings. The highest BCUT2D eigenvalue weighted by molar-refractivity contribution is 9.10. The summed E-state index contributed by atoms with van der Waals surface area (Å²) in [5.41, 5.74) is 2.42. The van der Waals surface area contributed by atoms with Gasteiger partial charge in [0.25, 0.3) is 0 Å². The molecule has 1 N–H and O–H groups in total. The molecule has 90 valence electrons. The zero-order valence-electron chi connectivity index (χ0n) is 9.82. The molecule has 0 saturated carbocycles. The van der Waals surface area contributed by atoms with Crippen molar-refractivity contribution in [1.82, 2.24) is 5.32 Å². The summed E-state index contributed by atoms with van der Waals surface area (Å²) < 4.78 is 6.27. The fourth-order valence-electron chi connectivity index (χ4n) is 1.81. The van der Waals surface area contributed by atoms with E-state index in [1.54, 1.807) is 12.5 Å². The van der Waals surface area contributed by atoms with E-state index in [-0.39, 0.29) is 6.04 Å². The molecule has 0 bridgehead atoms. The lowest BCUT2D eigenvalue weighted by Gasteiger charge is -2.17. The molecule has 17 heavy (non-hydrogen) atoms. The molecule has 3 heteroatoms. The minimum absolute atomic E-state index is 0.210. The van der Waals surface area contributed by atoms with Crippen LogP contribution in [0.4, 0.5) is 0 Å². The maximum Gasteiger partial charge on any atom is 0.0953 e. The minimum Gasteiger partial charge on any atom is -0.472 e. The number of nitrogens with one attached hydrogen (secondary N) is 1. The molecule has 1 atom stereocenters. The Morgan fingerprint density at radius 2 is 1.94 bits per heavy atom. The molecule has 1 aromatic heterocycles. The normalized spacial score (nSPS) is 12.6. The smallest absolute Gasteiger partial charge is 0.0953 e. The van der Waals surface area contributed by atoms with E-state index in [9.17, 15) is 0 Å². The van der Waals surface area contributed by atoms with E-state index >= 15 is 0 Å². The van der Waals surface area contributed by atoms with Gasteiger partial charge >= 0.3 is 0 Å². The molecule has 1 aromatic carbocycles. The van der Waals surface area contributed by atoms with Crippen LogP contribution >= 0.6 is 15.9 Å². The number of rotatable bonds is 5. The van der Waals surface area contributed by atoms with E-state index in [4.69, 9.17) is 4.42 Å². The fraction of sp³-hybridized carbons (Fsp3) is 0.286. The summed E-state index contributed by atoms with van der Waals surface area (Å²) in [7, 11) is 0. The monoisotopic (exact) mass is 293 g/mol. The van der Waals surface area contributed by atoms with Crippen LogP contribution in [0.5, 0.6) is 0 Å². The molecular formula is C14H16BrNO. The Bertz CT molecular complexity index is 436. The van der Waals surface area contributed by atoms with Gasteiger partial charge in [0.05, 0.1) is 18.6 Å². The van der Waals surface area contributed by atoms with Crippen molar-refractivity contribution >= 4 is 15.9 Å². The van der Waals surface area contributed by atoms with Crippen molar-refractivity contribution < 1.29 is 4.42 Å². The van der Waals surface area contributed by atoms with Crippen molar-refractivity contribution in [1.29, 1.82) is 0 Å². The van der Waals surface area contributed by atoms with Crippen LogP contribution < -0.4 is 5.32 Å². The van der Waals surface area contributed by atoms with Gasteiger partial charge in [-0.3, -0.25) is 0 Å². The Balaban J connectivity index is 2.23. The van der Waals surface area contributed by atoms with Gasteiger partial charge in [-0.05, 0) is 36.7 Å². The molecule has 0 radical (unpaired) electrons. The third-order valence-electron chi connectivity index (χ3n) is 2.68. The average Bonchev–Trinajstić information content (AvgIpc) is 2.85. The van der Waals surface area contributed by atoms with Crippen LogP contribution in [0.15, 0.2) is 51.7 Å². The Kier molecular flexibility index (Phi) is 4.40. The first kappa shape index (κ1) is 12.4. The van der Waals surface area contributed by atoms with Gasteiger partial charge in [0.2, 0.25) is 0 Å². The highest BCUT2D eigenvalue weighted by atomic mass is 79.9. The van der Waals surface area contributed by atoms with Crippen molar-refractivity contribution in [3.8, 4) is 0 Å². The standard InChI is InChI=1S/C14H16BrNO/c1-2-8-16-14(12-7-9-17-10-12)11-3-5-13(15)6-4-11/h3-7,9-10,14,16H,2,8H2,1H3. The molecular weight excluding hydrogens is 278 g/mol. The topological polar surface area (TPSA) is 25.2 Å². The van der Waals surface area contributed by atoms with Crippen molar-refractivity contribution in [3.05, 3.63) is 58.5 Å². The van der Waals surface area contributed by atoms with E-state index < -0.39 is 0 Å². The van der Waals surface area contributed by atoms with Crippen molar-refractivity contribution in [2.75, 3.05) is 6.54 Å². The Labute approximate surface area is 110 Å². The van der Waals surface area contributed by atoms with Gasteiger partial charge < -0.3 is 9.73 Å². The second-order valence-electron chi connectivity index (χ2n) is 4.00. The lowest BCUT2D eigenvalue weighted by Crippen LogP contribution is -2.22. The largest absolute Gasteiger partial charge is 0.472 e. The van der Waals surface area contributed by atoms with Crippen LogP contribution in [-0.4, -0.2) is 6.54 Å². The molecule has 0 fully saturated rings. The highest BCUT2D eigenvalue weighted by Gasteiger charge is 2.13. The molecule has 0 amide bonds. The molecule has 0 saturated heterocycles. The second-order valence-corrected chi connectivity index (χ2v) is 4.91. The van der Waals surface area contributed by atoms with Gasteiger partial charge in [-0.15, -0.1) is 0 Å². The summed E-state index contributed by atoms with van der Waals surface area (Å²) in [6.07, 6.45) is 4.63. The summed E-state index contributed by atoms with van der Waals surface area (Å²) in [6, 6.07) is 10.6. The van der Waals surface area contributed by atoms with E-state index in [0.717, 1.165) is 17.4 Å². The Morgan fingerprint density at radius 3 is 2.53 bits per heavy atom. The lowest BCUT2D eigenvalue weighted by molar-refractivity contribution is 0.548. The van der Waals surface area contributed by atoms with Gasteiger partial charge in [0, 0.05) is 10.0 Å². The molecule has 1 unspecified atom stereocenters.